The normalized spacial score (nSPS) is 10.8. The molecule has 1 aromatic heterocycles. The van der Waals surface area contributed by atoms with E-state index in [0.717, 1.165) is 17.3 Å². The van der Waals surface area contributed by atoms with Crippen LogP contribution in [0.15, 0.2) is 24.3 Å². The molecule has 84 valence electrons. The highest BCUT2D eigenvalue weighted by Crippen LogP contribution is 2.14. The number of fused-ring (bicyclic) bond motifs is 1. The highest BCUT2D eigenvalue weighted by atomic mass is 16.5. The lowest BCUT2D eigenvalue weighted by Crippen LogP contribution is -2.08. The second kappa shape index (κ2) is 4.90. The van der Waals surface area contributed by atoms with Crippen molar-refractivity contribution in [2.45, 2.75) is 13.5 Å². The molecule has 0 aliphatic rings. The van der Waals surface area contributed by atoms with Gasteiger partial charge in [-0.25, -0.2) is 4.98 Å². The molecule has 2 rings (SSSR count). The molecule has 2 aromatic rings. The van der Waals surface area contributed by atoms with E-state index in [-0.39, 0.29) is 0 Å². The number of hydrogen-bond acceptors (Lipinski definition) is 3. The Morgan fingerprint density at radius 3 is 3.00 bits per heavy atom. The Morgan fingerprint density at radius 2 is 2.25 bits per heavy atom. The lowest BCUT2D eigenvalue weighted by molar-refractivity contribution is 0.110. The zero-order valence-corrected chi connectivity index (χ0v) is 9.22. The van der Waals surface area contributed by atoms with Crippen molar-refractivity contribution in [1.29, 1.82) is 0 Å². The first kappa shape index (κ1) is 10.8. The van der Waals surface area contributed by atoms with E-state index in [1.54, 1.807) is 0 Å². The summed E-state index contributed by atoms with van der Waals surface area (Å²) in [6.45, 7) is 3.88. The van der Waals surface area contributed by atoms with Gasteiger partial charge in [0.25, 0.3) is 0 Å². The van der Waals surface area contributed by atoms with Crippen LogP contribution in [0.2, 0.25) is 0 Å². The average Bonchev–Trinajstić information content (AvgIpc) is 2.68. The number of hydrogen-bond donors (Lipinski definition) is 0. The molecule has 0 radical (unpaired) electrons. The van der Waals surface area contributed by atoms with Crippen molar-refractivity contribution >= 4 is 17.3 Å². The Morgan fingerprint density at radius 1 is 1.44 bits per heavy atom. The molecule has 0 saturated heterocycles. The SMILES string of the molecule is CCOCCn1c(C=O)nc2ccccc21. The first-order chi connectivity index (χ1) is 7.86. The van der Waals surface area contributed by atoms with Gasteiger partial charge in [0.2, 0.25) is 0 Å². The van der Waals surface area contributed by atoms with Gasteiger partial charge < -0.3 is 9.30 Å². The molecule has 0 atom stereocenters. The summed E-state index contributed by atoms with van der Waals surface area (Å²) < 4.78 is 7.18. The Kier molecular flexibility index (Phi) is 3.31. The van der Waals surface area contributed by atoms with Gasteiger partial charge in [0.1, 0.15) is 0 Å². The minimum atomic E-state index is 0.459. The third-order valence-electron chi connectivity index (χ3n) is 2.45. The third-order valence-corrected chi connectivity index (χ3v) is 2.45. The van der Waals surface area contributed by atoms with Gasteiger partial charge in [-0.15, -0.1) is 0 Å². The predicted octanol–water partition coefficient (Wildman–Crippen LogP) is 1.89. The summed E-state index contributed by atoms with van der Waals surface area (Å²) in [5.74, 6) is 0.459. The molecule has 4 heteroatoms. The molecule has 0 N–H and O–H groups in total. The standard InChI is InChI=1S/C12H14N2O2/c1-2-16-8-7-14-11-6-4-3-5-10(11)13-12(14)9-15/h3-6,9H,2,7-8H2,1H3. The molecular weight excluding hydrogens is 204 g/mol. The average molecular weight is 218 g/mol. The van der Waals surface area contributed by atoms with Crippen LogP contribution in [0.25, 0.3) is 11.0 Å². The van der Waals surface area contributed by atoms with Crippen molar-refractivity contribution in [2.24, 2.45) is 0 Å². The first-order valence-corrected chi connectivity index (χ1v) is 5.35. The fourth-order valence-electron chi connectivity index (χ4n) is 1.72. The number of imidazole rings is 1. The number of rotatable bonds is 5. The van der Waals surface area contributed by atoms with Crippen LogP contribution in [0.5, 0.6) is 0 Å². The molecule has 4 nitrogen and oxygen atoms in total. The molecule has 0 saturated carbocycles. The Bertz CT molecular complexity index is 491. The van der Waals surface area contributed by atoms with Crippen LogP contribution in [-0.2, 0) is 11.3 Å². The largest absolute Gasteiger partial charge is 0.380 e. The topological polar surface area (TPSA) is 44.1 Å². The first-order valence-electron chi connectivity index (χ1n) is 5.35. The lowest BCUT2D eigenvalue weighted by Gasteiger charge is -2.05. The van der Waals surface area contributed by atoms with E-state index in [0.29, 0.717) is 25.6 Å². The number of aldehydes is 1. The summed E-state index contributed by atoms with van der Waals surface area (Å²) in [6, 6.07) is 7.72. The van der Waals surface area contributed by atoms with Crippen molar-refractivity contribution in [3.8, 4) is 0 Å². The Balaban J connectivity index is 2.35. The fourth-order valence-corrected chi connectivity index (χ4v) is 1.72. The smallest absolute Gasteiger partial charge is 0.185 e. The van der Waals surface area contributed by atoms with E-state index in [9.17, 15) is 4.79 Å². The Labute approximate surface area is 93.9 Å². The number of nitrogens with zero attached hydrogens (tertiary/aromatic N) is 2. The maximum atomic E-state index is 10.9. The predicted molar refractivity (Wildman–Crippen MR) is 61.6 cm³/mol. The van der Waals surface area contributed by atoms with Crippen LogP contribution in [0.4, 0.5) is 0 Å². The summed E-state index contributed by atoms with van der Waals surface area (Å²) in [7, 11) is 0. The van der Waals surface area contributed by atoms with Crippen LogP contribution in [0.1, 0.15) is 17.5 Å². The van der Waals surface area contributed by atoms with Gasteiger partial charge in [-0.2, -0.15) is 0 Å². The van der Waals surface area contributed by atoms with E-state index < -0.39 is 0 Å². The summed E-state index contributed by atoms with van der Waals surface area (Å²) in [4.78, 5) is 15.2. The van der Waals surface area contributed by atoms with Gasteiger partial charge in [-0.05, 0) is 19.1 Å². The van der Waals surface area contributed by atoms with Crippen molar-refractivity contribution in [3.05, 3.63) is 30.1 Å². The van der Waals surface area contributed by atoms with Crippen LogP contribution >= 0.6 is 0 Å². The number of para-hydroxylation sites is 2. The van der Waals surface area contributed by atoms with E-state index in [4.69, 9.17) is 4.74 Å². The number of benzene rings is 1. The monoisotopic (exact) mass is 218 g/mol. The lowest BCUT2D eigenvalue weighted by atomic mass is 10.3. The maximum absolute atomic E-state index is 10.9. The van der Waals surface area contributed by atoms with Gasteiger partial charge in [0, 0.05) is 13.2 Å². The summed E-state index contributed by atoms with van der Waals surface area (Å²) in [6.07, 6.45) is 0.784. The number of carbonyl (C=O) groups excluding carboxylic acids is 1. The van der Waals surface area contributed by atoms with Gasteiger partial charge in [-0.3, -0.25) is 4.79 Å². The second-order valence-corrected chi connectivity index (χ2v) is 3.43. The van der Waals surface area contributed by atoms with Crippen molar-refractivity contribution in [3.63, 3.8) is 0 Å². The van der Waals surface area contributed by atoms with Crippen molar-refractivity contribution < 1.29 is 9.53 Å². The molecule has 1 heterocycles. The second-order valence-electron chi connectivity index (χ2n) is 3.43. The highest BCUT2D eigenvalue weighted by molar-refractivity contribution is 5.82. The van der Waals surface area contributed by atoms with Crippen molar-refractivity contribution in [1.82, 2.24) is 9.55 Å². The molecule has 0 bridgehead atoms. The molecule has 0 fully saturated rings. The summed E-state index contributed by atoms with van der Waals surface area (Å²) in [5.41, 5.74) is 1.82. The molecule has 0 unspecified atom stereocenters. The van der Waals surface area contributed by atoms with E-state index in [1.165, 1.54) is 0 Å². The Hall–Kier alpha value is -1.68. The number of carbonyl (C=O) groups is 1. The minimum Gasteiger partial charge on any atom is -0.380 e. The molecule has 0 spiro atoms. The molecule has 1 aromatic carbocycles. The van der Waals surface area contributed by atoms with Crippen LogP contribution < -0.4 is 0 Å². The van der Waals surface area contributed by atoms with Crippen LogP contribution in [0.3, 0.4) is 0 Å². The van der Waals surface area contributed by atoms with Gasteiger partial charge in [0.15, 0.2) is 12.1 Å². The van der Waals surface area contributed by atoms with E-state index in [1.807, 2.05) is 35.8 Å². The molecule has 0 amide bonds. The number of aromatic nitrogens is 2. The highest BCUT2D eigenvalue weighted by Gasteiger charge is 2.08. The van der Waals surface area contributed by atoms with Crippen LogP contribution in [-0.4, -0.2) is 29.1 Å². The van der Waals surface area contributed by atoms with E-state index >= 15 is 0 Å². The molecule has 16 heavy (non-hydrogen) atoms. The number of ether oxygens (including phenoxy) is 1. The van der Waals surface area contributed by atoms with Gasteiger partial charge in [-0.1, -0.05) is 12.1 Å². The summed E-state index contributed by atoms with van der Waals surface area (Å²) >= 11 is 0. The fraction of sp³-hybridized carbons (Fsp3) is 0.333. The van der Waals surface area contributed by atoms with Crippen LogP contribution in [0, 0.1) is 0 Å². The van der Waals surface area contributed by atoms with Crippen molar-refractivity contribution in [2.75, 3.05) is 13.2 Å². The molecule has 0 aliphatic carbocycles. The quantitative estimate of drug-likeness (QED) is 0.568. The van der Waals surface area contributed by atoms with Gasteiger partial charge in [0.05, 0.1) is 17.6 Å². The maximum Gasteiger partial charge on any atom is 0.185 e. The van der Waals surface area contributed by atoms with E-state index in [2.05, 4.69) is 4.98 Å². The zero-order chi connectivity index (χ0) is 11.4. The molecule has 0 aliphatic heterocycles. The summed E-state index contributed by atoms with van der Waals surface area (Å²) in [5, 5.41) is 0. The molecular formula is C12H14N2O2. The third kappa shape index (κ3) is 1.97. The zero-order valence-electron chi connectivity index (χ0n) is 9.22. The minimum absolute atomic E-state index is 0.459. The van der Waals surface area contributed by atoms with Gasteiger partial charge >= 0.3 is 0 Å².